The third-order valence-corrected chi connectivity index (χ3v) is 13.6. The van der Waals surface area contributed by atoms with Gasteiger partial charge in [-0.15, -0.1) is 0 Å². The summed E-state index contributed by atoms with van der Waals surface area (Å²) >= 11 is 16.0. The summed E-state index contributed by atoms with van der Waals surface area (Å²) in [5.74, 6) is 1.87. The average molecular weight is 1270 g/mol. The molecule has 0 saturated carbocycles. The molecule has 0 bridgehead atoms. The van der Waals surface area contributed by atoms with Crippen LogP contribution in [-0.4, -0.2) is 67.0 Å². The lowest BCUT2D eigenvalue weighted by Crippen LogP contribution is -2.08. The maximum absolute atomic E-state index is 11.4. The number of para-hydroxylation sites is 3. The first-order chi connectivity index (χ1) is 42.7. The van der Waals surface area contributed by atoms with Crippen molar-refractivity contribution >= 4 is 98.4 Å². The molecule has 14 N–H and O–H groups in total. The highest BCUT2D eigenvalue weighted by atomic mass is 35.5. The van der Waals surface area contributed by atoms with Gasteiger partial charge in [-0.3, -0.25) is 0 Å². The molecule has 20 nitrogen and oxygen atoms in total. The number of carboxylic acid groups (broad SMARTS) is 2. The Bertz CT molecular complexity index is 3930. The number of rotatable bonds is 12. The highest BCUT2D eigenvalue weighted by Gasteiger charge is 2.13. The van der Waals surface area contributed by atoms with E-state index >= 15 is 0 Å². The van der Waals surface area contributed by atoms with Crippen LogP contribution < -0.4 is 39.3 Å². The molecule has 3 aromatic heterocycles. The largest absolute Gasteiger partial charge is 0.478 e. The normalized spacial score (nSPS) is 10.2. The number of halogens is 3. The Morgan fingerprint density at radius 1 is 0.389 bits per heavy atom. The number of benzene rings is 7. The molecular weight excluding hydrogens is 1200 g/mol. The van der Waals surface area contributed by atoms with Crippen molar-refractivity contribution in [3.05, 3.63) is 245 Å². The number of nitrogen functional groups attached to an aromatic ring is 5. The van der Waals surface area contributed by atoms with Gasteiger partial charge in [0.25, 0.3) is 0 Å². The third-order valence-electron chi connectivity index (χ3n) is 13.1. The summed E-state index contributed by atoms with van der Waals surface area (Å²) in [5, 5.41) is 24.5. The maximum atomic E-state index is 11.4. The van der Waals surface area contributed by atoms with Crippen LogP contribution in [0.2, 0.25) is 15.9 Å². The van der Waals surface area contributed by atoms with E-state index < -0.39 is 11.9 Å². The summed E-state index contributed by atoms with van der Waals surface area (Å²) in [4.78, 5) is 59.2. The van der Waals surface area contributed by atoms with Crippen molar-refractivity contribution in [3.63, 3.8) is 0 Å². The Labute approximate surface area is 539 Å². The zero-order valence-electron chi connectivity index (χ0n) is 51.9. The molecule has 90 heavy (non-hydrogen) atoms. The van der Waals surface area contributed by atoms with Crippen molar-refractivity contribution in [2.24, 2.45) is 0 Å². The van der Waals surface area contributed by atoms with Crippen LogP contribution in [0.5, 0.6) is 0 Å². The minimum absolute atomic E-state index is 0.000000000000000444. The highest BCUT2D eigenvalue weighted by molar-refractivity contribution is 6.33. The van der Waals surface area contributed by atoms with Gasteiger partial charge in [-0.1, -0.05) is 105 Å². The fourth-order valence-electron chi connectivity index (χ4n) is 8.60. The number of nitrogens with one attached hydrogen (secondary N) is 2. The summed E-state index contributed by atoms with van der Waals surface area (Å²) in [6, 6.07) is 43.7. The molecule has 0 aliphatic rings. The van der Waals surface area contributed by atoms with Gasteiger partial charge in [-0.25, -0.2) is 19.6 Å². The Morgan fingerprint density at radius 2 is 0.733 bits per heavy atom. The number of carboxylic acids is 2. The molecule has 0 amide bonds. The number of anilines is 9. The van der Waals surface area contributed by atoms with E-state index in [0.717, 1.165) is 74.9 Å². The Balaban J connectivity index is 0.000000213. The monoisotopic (exact) mass is 1270 g/mol. The van der Waals surface area contributed by atoms with Crippen molar-refractivity contribution < 1.29 is 19.8 Å². The second-order valence-electron chi connectivity index (χ2n) is 20.6. The molecule has 0 atom stereocenters. The first-order valence-electron chi connectivity index (χ1n) is 28.3. The van der Waals surface area contributed by atoms with Crippen LogP contribution >= 0.6 is 34.8 Å². The summed E-state index contributed by atoms with van der Waals surface area (Å²) < 4.78 is 0. The van der Waals surface area contributed by atoms with Gasteiger partial charge in [0.15, 0.2) is 0 Å². The summed E-state index contributed by atoms with van der Waals surface area (Å²) in [6.45, 7) is 20.2. The Morgan fingerprint density at radius 3 is 1.12 bits per heavy atom. The molecule has 0 fully saturated rings. The van der Waals surface area contributed by atoms with Gasteiger partial charge in [-0.05, 0) is 207 Å². The van der Waals surface area contributed by atoms with Crippen molar-refractivity contribution in [1.82, 2.24) is 44.9 Å². The van der Waals surface area contributed by atoms with Crippen LogP contribution in [0.25, 0.3) is 0 Å². The van der Waals surface area contributed by atoms with Gasteiger partial charge < -0.3 is 49.5 Å². The number of aromatic nitrogens is 9. The molecule has 468 valence electrons. The molecule has 0 saturated heterocycles. The molecule has 7 aromatic carbocycles. The molecule has 0 radical (unpaired) electrons. The van der Waals surface area contributed by atoms with Crippen LogP contribution in [0, 0.1) is 55.4 Å². The maximum Gasteiger partial charge on any atom is 0.335 e. The number of hydrogen-bond donors (Lipinski definition) is 9. The minimum Gasteiger partial charge on any atom is -0.478 e. The van der Waals surface area contributed by atoms with E-state index in [-0.39, 0.29) is 27.0 Å². The Hall–Kier alpha value is -10.0. The molecule has 0 aliphatic heterocycles. The molecule has 0 aliphatic carbocycles. The molecule has 0 spiro atoms. The van der Waals surface area contributed by atoms with Gasteiger partial charge in [0.1, 0.15) is 23.3 Å². The van der Waals surface area contributed by atoms with E-state index in [1.165, 1.54) is 40.5 Å². The van der Waals surface area contributed by atoms with E-state index in [1.807, 2.05) is 97.0 Å². The van der Waals surface area contributed by atoms with Crippen LogP contribution in [0.1, 0.15) is 113 Å². The van der Waals surface area contributed by atoms with E-state index in [0.29, 0.717) is 59.1 Å². The predicted molar refractivity (Wildman–Crippen MR) is 364 cm³/mol. The number of nitrogens with zero attached hydrogens (tertiary/aromatic N) is 9. The van der Waals surface area contributed by atoms with E-state index in [2.05, 4.69) is 119 Å². The summed E-state index contributed by atoms with van der Waals surface area (Å²) in [6.07, 6.45) is 2.95. The zero-order chi connectivity index (χ0) is 66.2. The summed E-state index contributed by atoms with van der Waals surface area (Å²) in [7, 11) is 0. The van der Waals surface area contributed by atoms with E-state index in [1.54, 1.807) is 30.3 Å². The fraction of sp³-hybridized carbons (Fsp3) is 0.209. The van der Waals surface area contributed by atoms with Gasteiger partial charge >= 0.3 is 11.9 Å². The lowest BCUT2D eigenvalue weighted by atomic mass is 10.0. The SMILES string of the molecule is CCc1cc(Cc2nc(C)nc(Nc3c(C)cccc3C)n2)cc(C(=O)O)c1.CCc1cccc(Cc2nc(C)nc(Nc3c(C)cccc3C)n2)c1.Cc1cccc(C)c1N.Clc1nc(Cl)nc(Cl)n1.Nc1cc(N)cc(C(=O)O)c1.Nc1cccc(N)c1. The average Bonchev–Trinajstić information content (AvgIpc) is 1.29. The molecule has 0 unspecified atom stereocenters. The van der Waals surface area contributed by atoms with E-state index in [4.69, 9.17) is 68.6 Å². The molecule has 10 rings (SSSR count). The summed E-state index contributed by atoms with van der Waals surface area (Å²) in [5.41, 5.74) is 44.0. The third kappa shape index (κ3) is 23.6. The van der Waals surface area contributed by atoms with Crippen LogP contribution in [-0.2, 0) is 25.7 Å². The van der Waals surface area contributed by atoms with Crippen molar-refractivity contribution in [3.8, 4) is 0 Å². The number of nitrogens with two attached hydrogens (primary N) is 5. The lowest BCUT2D eigenvalue weighted by Gasteiger charge is -2.12. The zero-order valence-corrected chi connectivity index (χ0v) is 54.1. The standard InChI is InChI=1S/C22H24N4O2.C21H24N4.C8H11N.C7H8N2O2.C6H8N2.C3Cl3N3/c1-5-16-9-17(11-18(10-16)21(27)28)12-19-23-15(4)24-22(25-19)26-20-13(2)7-6-8-14(20)3;1-5-17-10-7-11-18(12-17)13-19-22-16(4)23-21(24-19)25-20-14(2)8-6-9-15(20)3;1-6-4-3-5-7(2)8(6)9;8-5-1-4(7(10)11)2-6(9)3-5;7-5-2-1-3-6(8)4-5;4-1-7-2(5)9-3(6)8-1/h6-11H,5,12H2,1-4H3,(H,27,28)(H,23,24,25,26);6-12H,5,13H2,1-4H3,(H,22,23,24,25);3-5H,9H2,1-2H3;1-3H,8-9H2,(H,10,11);1-4H,7-8H2;. The Kier molecular flexibility index (Phi) is 27.1. The van der Waals surface area contributed by atoms with Crippen LogP contribution in [0.3, 0.4) is 0 Å². The van der Waals surface area contributed by atoms with Gasteiger partial charge in [0.2, 0.25) is 27.7 Å². The smallest absolute Gasteiger partial charge is 0.335 e. The number of aromatic carboxylic acids is 2. The first kappa shape index (κ1) is 70.7. The second kappa shape index (κ2) is 34.5. The van der Waals surface area contributed by atoms with Crippen molar-refractivity contribution in [2.75, 3.05) is 39.3 Å². The van der Waals surface area contributed by atoms with Gasteiger partial charge in [0.05, 0.1) is 11.1 Å². The first-order valence-corrected chi connectivity index (χ1v) is 29.4. The van der Waals surface area contributed by atoms with Crippen molar-refractivity contribution in [1.29, 1.82) is 0 Å². The van der Waals surface area contributed by atoms with E-state index in [9.17, 15) is 14.7 Å². The predicted octanol–water partition coefficient (Wildman–Crippen LogP) is 14.2. The lowest BCUT2D eigenvalue weighted by molar-refractivity contribution is 0.0686. The number of carbonyl (C=O) groups is 2. The molecular formula is C67H75Cl3N16O4. The minimum atomic E-state index is -1.02. The molecule has 23 heteroatoms. The van der Waals surface area contributed by atoms with Crippen LogP contribution in [0.15, 0.2) is 140 Å². The fourth-order valence-corrected chi connectivity index (χ4v) is 9.21. The molecule has 10 aromatic rings. The topological polar surface area (TPSA) is 345 Å². The van der Waals surface area contributed by atoms with Gasteiger partial charge in [-0.2, -0.15) is 34.9 Å². The quantitative estimate of drug-likeness (QED) is 0.0513. The van der Waals surface area contributed by atoms with Crippen LogP contribution in [0.4, 0.5) is 51.7 Å². The number of hydrogen-bond acceptors (Lipinski definition) is 18. The van der Waals surface area contributed by atoms with Gasteiger partial charge in [0, 0.05) is 52.7 Å². The van der Waals surface area contributed by atoms with Crippen molar-refractivity contribution in [2.45, 2.75) is 94.9 Å². The highest BCUT2D eigenvalue weighted by Crippen LogP contribution is 2.25. The molecule has 3 heterocycles. The number of aryl methyl sites for hydroxylation is 10. The second-order valence-corrected chi connectivity index (χ2v) is 21.6.